The summed E-state index contributed by atoms with van der Waals surface area (Å²) in [5.41, 5.74) is 3.75. The van der Waals surface area contributed by atoms with Crippen molar-refractivity contribution < 1.29 is 4.74 Å². The van der Waals surface area contributed by atoms with Crippen molar-refractivity contribution in [2.45, 2.75) is 76.2 Å². The highest BCUT2D eigenvalue weighted by molar-refractivity contribution is 6.76. The Labute approximate surface area is 199 Å². The first-order valence-corrected chi connectivity index (χ1v) is 16.1. The highest BCUT2D eigenvalue weighted by Crippen LogP contribution is 2.43. The molecule has 1 fully saturated rings. The molecule has 5 rings (SSSR count). The van der Waals surface area contributed by atoms with Crippen molar-refractivity contribution in [1.82, 2.24) is 14.5 Å². The molecule has 2 bridgehead atoms. The van der Waals surface area contributed by atoms with Crippen molar-refractivity contribution in [2.24, 2.45) is 0 Å². The third kappa shape index (κ3) is 4.86. The van der Waals surface area contributed by atoms with Gasteiger partial charge in [-0.1, -0.05) is 74.3 Å². The normalized spacial score (nSPS) is 22.9. The van der Waals surface area contributed by atoms with Gasteiger partial charge in [-0.2, -0.15) is 0 Å². The summed E-state index contributed by atoms with van der Waals surface area (Å²) in [4.78, 5) is 7.83. The number of ether oxygens (including phenoxy) is 1. The molecule has 33 heavy (non-hydrogen) atoms. The third-order valence-electron chi connectivity index (χ3n) is 7.37. The van der Waals surface area contributed by atoms with Crippen LogP contribution in [-0.2, 0) is 24.4 Å². The Morgan fingerprint density at radius 3 is 2.67 bits per heavy atom. The molecular formula is C28H37N3OSi. The Morgan fingerprint density at radius 2 is 1.85 bits per heavy atom. The van der Waals surface area contributed by atoms with E-state index in [-0.39, 0.29) is 5.54 Å². The maximum atomic E-state index is 6.21. The standard InChI is InChI=1S/C28H37N3OSi/c1-33(2,3)19-18-32-22-30-26-14-8-7-13-25(26)29-27(30)21-31-24-12-9-16-28(31,17-15-24)20-23-10-5-4-6-11-23/h4-11,13-14,16,24H,12,15,17-22H2,1-3H3. The molecule has 2 aliphatic rings. The fourth-order valence-corrected chi connectivity index (χ4v) is 6.27. The molecule has 1 aromatic heterocycles. The molecule has 1 saturated heterocycles. The summed E-state index contributed by atoms with van der Waals surface area (Å²) in [5, 5.41) is 0. The number of nitrogens with zero attached hydrogens (tertiary/aromatic N) is 3. The summed E-state index contributed by atoms with van der Waals surface area (Å²) < 4.78 is 8.52. The fourth-order valence-electron chi connectivity index (χ4n) is 5.51. The van der Waals surface area contributed by atoms with E-state index in [2.05, 4.69) is 95.9 Å². The SMILES string of the molecule is C[Si](C)(C)CCOCn1c(CN2C3CC=CC2(Cc2ccccc2)CC3)nc2ccccc21. The number of hydrogen-bond donors (Lipinski definition) is 0. The number of rotatable bonds is 9. The molecule has 5 heteroatoms. The van der Waals surface area contributed by atoms with Gasteiger partial charge in [0.15, 0.2) is 0 Å². The van der Waals surface area contributed by atoms with Gasteiger partial charge in [0.25, 0.3) is 0 Å². The van der Waals surface area contributed by atoms with Gasteiger partial charge in [-0.15, -0.1) is 0 Å². The lowest BCUT2D eigenvalue weighted by Crippen LogP contribution is -2.49. The van der Waals surface area contributed by atoms with Crippen molar-refractivity contribution >= 4 is 19.1 Å². The first-order chi connectivity index (χ1) is 15.9. The zero-order valence-electron chi connectivity index (χ0n) is 20.3. The second-order valence-corrected chi connectivity index (χ2v) is 16.6. The van der Waals surface area contributed by atoms with Crippen LogP contribution >= 0.6 is 0 Å². The van der Waals surface area contributed by atoms with E-state index in [9.17, 15) is 0 Å². The minimum atomic E-state index is -1.10. The van der Waals surface area contributed by atoms with E-state index in [1.165, 1.54) is 30.0 Å². The van der Waals surface area contributed by atoms with Crippen LogP contribution in [0.5, 0.6) is 0 Å². The van der Waals surface area contributed by atoms with Crippen molar-refractivity contribution in [3.8, 4) is 0 Å². The van der Waals surface area contributed by atoms with Gasteiger partial charge < -0.3 is 9.30 Å². The molecule has 174 valence electrons. The third-order valence-corrected chi connectivity index (χ3v) is 9.08. The molecule has 2 aromatic carbocycles. The van der Waals surface area contributed by atoms with Gasteiger partial charge in [0.1, 0.15) is 12.6 Å². The first-order valence-electron chi connectivity index (χ1n) is 12.4. The van der Waals surface area contributed by atoms with Gasteiger partial charge in [0, 0.05) is 26.3 Å². The topological polar surface area (TPSA) is 30.3 Å². The summed E-state index contributed by atoms with van der Waals surface area (Å²) in [6.45, 7) is 9.49. The van der Waals surface area contributed by atoms with Crippen LogP contribution in [0, 0.1) is 0 Å². The monoisotopic (exact) mass is 459 g/mol. The number of para-hydroxylation sites is 2. The molecule has 2 aliphatic heterocycles. The maximum absolute atomic E-state index is 6.21. The highest BCUT2D eigenvalue weighted by Gasteiger charge is 2.46. The average Bonchev–Trinajstić information content (AvgIpc) is 3.21. The summed E-state index contributed by atoms with van der Waals surface area (Å²) >= 11 is 0. The highest BCUT2D eigenvalue weighted by atomic mass is 28.3. The predicted molar refractivity (Wildman–Crippen MR) is 139 cm³/mol. The Bertz CT molecular complexity index is 1120. The molecule has 2 atom stereocenters. The molecular weight excluding hydrogens is 422 g/mol. The summed E-state index contributed by atoms with van der Waals surface area (Å²) in [5.74, 6) is 1.13. The zero-order chi connectivity index (χ0) is 22.9. The van der Waals surface area contributed by atoms with Crippen molar-refractivity contribution in [3.63, 3.8) is 0 Å². The molecule has 0 saturated carbocycles. The minimum Gasteiger partial charge on any atom is -0.361 e. The molecule has 4 nitrogen and oxygen atoms in total. The number of hydrogen-bond acceptors (Lipinski definition) is 3. The maximum Gasteiger partial charge on any atom is 0.126 e. The lowest BCUT2D eigenvalue weighted by atomic mass is 9.87. The van der Waals surface area contributed by atoms with Crippen LogP contribution in [0.25, 0.3) is 11.0 Å². The van der Waals surface area contributed by atoms with E-state index in [4.69, 9.17) is 9.72 Å². The minimum absolute atomic E-state index is 0.0892. The van der Waals surface area contributed by atoms with Crippen LogP contribution in [0.15, 0.2) is 66.7 Å². The predicted octanol–water partition coefficient (Wildman–Crippen LogP) is 6.25. The Hall–Kier alpha value is -2.21. The summed E-state index contributed by atoms with van der Waals surface area (Å²) in [7, 11) is -1.10. The fraction of sp³-hybridized carbons (Fsp3) is 0.464. The van der Waals surface area contributed by atoms with E-state index >= 15 is 0 Å². The van der Waals surface area contributed by atoms with Gasteiger partial charge in [-0.25, -0.2) is 4.98 Å². The van der Waals surface area contributed by atoms with E-state index < -0.39 is 8.07 Å². The molecule has 0 radical (unpaired) electrons. The van der Waals surface area contributed by atoms with Crippen LogP contribution in [0.3, 0.4) is 0 Å². The Balaban J connectivity index is 1.41. The Kier molecular flexibility index (Phi) is 6.30. The van der Waals surface area contributed by atoms with Gasteiger partial charge in [-0.05, 0) is 49.4 Å². The lowest BCUT2D eigenvalue weighted by molar-refractivity contribution is 0.0774. The van der Waals surface area contributed by atoms with Crippen molar-refractivity contribution in [2.75, 3.05) is 6.61 Å². The lowest BCUT2D eigenvalue weighted by Gasteiger charge is -2.42. The number of imidazole rings is 1. The van der Waals surface area contributed by atoms with Crippen LogP contribution in [0.2, 0.25) is 25.7 Å². The molecule has 0 amide bonds. The van der Waals surface area contributed by atoms with Gasteiger partial charge in [0.05, 0.1) is 17.6 Å². The summed E-state index contributed by atoms with van der Waals surface area (Å²) in [6.07, 6.45) is 9.58. The second-order valence-electron chi connectivity index (χ2n) is 11.0. The number of fused-ring (bicyclic) bond motifs is 3. The van der Waals surface area contributed by atoms with Crippen LogP contribution in [0.1, 0.15) is 30.7 Å². The van der Waals surface area contributed by atoms with E-state index in [0.717, 1.165) is 37.3 Å². The van der Waals surface area contributed by atoms with Gasteiger partial charge >= 0.3 is 0 Å². The van der Waals surface area contributed by atoms with Crippen LogP contribution < -0.4 is 0 Å². The van der Waals surface area contributed by atoms with Crippen LogP contribution in [-0.4, -0.2) is 40.7 Å². The van der Waals surface area contributed by atoms with Crippen LogP contribution in [0.4, 0.5) is 0 Å². The van der Waals surface area contributed by atoms with Gasteiger partial charge in [0.2, 0.25) is 0 Å². The zero-order valence-corrected chi connectivity index (χ0v) is 21.3. The Morgan fingerprint density at radius 1 is 1.06 bits per heavy atom. The first kappa shape index (κ1) is 22.6. The molecule has 0 aliphatic carbocycles. The van der Waals surface area contributed by atoms with E-state index in [1.807, 2.05) is 0 Å². The molecule has 0 spiro atoms. The molecule has 3 heterocycles. The largest absolute Gasteiger partial charge is 0.361 e. The van der Waals surface area contributed by atoms with E-state index in [0.29, 0.717) is 12.8 Å². The smallest absolute Gasteiger partial charge is 0.126 e. The molecule has 2 unspecified atom stereocenters. The second kappa shape index (κ2) is 9.20. The van der Waals surface area contributed by atoms with Crippen molar-refractivity contribution in [3.05, 3.63) is 78.1 Å². The summed E-state index contributed by atoms with van der Waals surface area (Å²) in [6, 6.07) is 21.2. The van der Waals surface area contributed by atoms with Gasteiger partial charge in [-0.3, -0.25) is 4.90 Å². The quantitative estimate of drug-likeness (QED) is 0.215. The molecule has 0 N–H and O–H groups in total. The number of benzene rings is 2. The average molecular weight is 460 g/mol. The molecule has 3 aromatic rings. The number of aromatic nitrogens is 2. The van der Waals surface area contributed by atoms with Crippen molar-refractivity contribution in [1.29, 1.82) is 0 Å². The van der Waals surface area contributed by atoms with E-state index in [1.54, 1.807) is 0 Å².